The minimum absolute atomic E-state index is 0.0144. The summed E-state index contributed by atoms with van der Waals surface area (Å²) in [6.45, 7) is 11.4. The van der Waals surface area contributed by atoms with Crippen molar-refractivity contribution >= 4 is 51.2 Å². The van der Waals surface area contributed by atoms with Crippen LogP contribution in [0.15, 0.2) is 29.6 Å². The molecule has 0 radical (unpaired) electrons. The normalized spacial score (nSPS) is 26.8. The SMILES string of the molecule is CCC1CC1(NC(=O)C1CC(Oc2cc(-c3csc(NC(C)C)n3)nc3cc(OCCO)ccc23)CN1C(=O)C(NC(=O)OC1CC2CC2C1)C(C)(C)C)C(=O)O. The molecule has 0 spiro atoms. The average molecular weight is 807 g/mol. The Balaban J connectivity index is 1.19. The molecule has 3 aromatic rings. The number of nitrogens with one attached hydrogen (secondary N) is 3. The molecular weight excluding hydrogens is 753 g/mol. The number of aliphatic carboxylic acids is 1. The number of benzene rings is 1. The predicted molar refractivity (Wildman–Crippen MR) is 213 cm³/mol. The summed E-state index contributed by atoms with van der Waals surface area (Å²) in [5.41, 5.74) is -0.490. The van der Waals surface area contributed by atoms with Gasteiger partial charge in [0.05, 0.1) is 24.4 Å². The average Bonchev–Trinajstić information content (AvgIpc) is 3.82. The van der Waals surface area contributed by atoms with Crippen LogP contribution >= 0.6 is 11.3 Å². The van der Waals surface area contributed by atoms with Gasteiger partial charge in [-0.3, -0.25) is 9.59 Å². The third-order valence-electron chi connectivity index (χ3n) is 11.6. The minimum atomic E-state index is -1.41. The van der Waals surface area contributed by atoms with Crippen LogP contribution in [0.2, 0.25) is 0 Å². The van der Waals surface area contributed by atoms with E-state index in [1.54, 1.807) is 24.3 Å². The van der Waals surface area contributed by atoms with Gasteiger partial charge in [0.2, 0.25) is 11.8 Å². The number of carboxylic acids is 1. The first-order valence-electron chi connectivity index (χ1n) is 20.0. The Morgan fingerprint density at radius 2 is 1.79 bits per heavy atom. The quantitative estimate of drug-likeness (QED) is 0.135. The number of thiazole rings is 1. The Bertz CT molecular complexity index is 2010. The molecule has 16 heteroatoms. The molecule has 3 amide bonds. The van der Waals surface area contributed by atoms with E-state index in [2.05, 4.69) is 16.0 Å². The Kier molecular flexibility index (Phi) is 11.3. The lowest BCUT2D eigenvalue weighted by molar-refractivity contribution is -0.146. The number of amides is 3. The molecule has 15 nitrogen and oxygen atoms in total. The number of likely N-dealkylation sites (tertiary alicyclic amines) is 1. The number of aliphatic hydroxyl groups excluding tert-OH is 1. The van der Waals surface area contributed by atoms with Crippen LogP contribution < -0.4 is 25.4 Å². The van der Waals surface area contributed by atoms with Crippen molar-refractivity contribution in [2.24, 2.45) is 23.2 Å². The van der Waals surface area contributed by atoms with E-state index in [1.165, 1.54) is 22.7 Å². The van der Waals surface area contributed by atoms with Gasteiger partial charge in [0.15, 0.2) is 5.13 Å². The van der Waals surface area contributed by atoms with Gasteiger partial charge in [-0.1, -0.05) is 34.1 Å². The highest BCUT2D eigenvalue weighted by Gasteiger charge is 2.61. The molecule has 1 aliphatic heterocycles. The van der Waals surface area contributed by atoms with Gasteiger partial charge < -0.3 is 45.3 Å². The molecule has 4 fully saturated rings. The number of fused-ring (bicyclic) bond motifs is 2. The lowest BCUT2D eigenvalue weighted by Crippen LogP contribution is -2.59. The Morgan fingerprint density at radius 3 is 2.44 bits per heavy atom. The highest BCUT2D eigenvalue weighted by molar-refractivity contribution is 7.14. The molecule has 57 heavy (non-hydrogen) atoms. The van der Waals surface area contributed by atoms with Crippen molar-refractivity contribution in [3.63, 3.8) is 0 Å². The molecule has 7 rings (SSSR count). The summed E-state index contributed by atoms with van der Waals surface area (Å²) in [6.07, 6.45) is 2.18. The van der Waals surface area contributed by atoms with Crippen LogP contribution in [0.3, 0.4) is 0 Å². The number of carbonyl (C=O) groups is 4. The third kappa shape index (κ3) is 8.76. The molecule has 7 atom stereocenters. The van der Waals surface area contributed by atoms with Crippen LogP contribution in [0.5, 0.6) is 11.5 Å². The van der Waals surface area contributed by atoms with E-state index in [0.717, 1.165) is 18.0 Å². The minimum Gasteiger partial charge on any atom is -0.491 e. The fourth-order valence-corrected chi connectivity index (χ4v) is 9.24. The van der Waals surface area contributed by atoms with E-state index >= 15 is 0 Å². The Labute approximate surface area is 336 Å². The molecule has 3 saturated carbocycles. The summed E-state index contributed by atoms with van der Waals surface area (Å²) in [5.74, 6) is -0.277. The highest BCUT2D eigenvalue weighted by Crippen LogP contribution is 2.52. The maximum Gasteiger partial charge on any atom is 0.408 e. The van der Waals surface area contributed by atoms with Crippen molar-refractivity contribution in [3.05, 3.63) is 29.6 Å². The predicted octanol–water partition coefficient (Wildman–Crippen LogP) is 5.21. The van der Waals surface area contributed by atoms with Crippen LogP contribution in [0, 0.1) is 23.2 Å². The first kappa shape index (κ1) is 40.5. The molecule has 7 unspecified atom stereocenters. The summed E-state index contributed by atoms with van der Waals surface area (Å²) >= 11 is 1.45. The number of pyridine rings is 1. The summed E-state index contributed by atoms with van der Waals surface area (Å²) in [4.78, 5) is 65.6. The maximum atomic E-state index is 14.7. The molecule has 308 valence electrons. The van der Waals surface area contributed by atoms with Gasteiger partial charge in [0, 0.05) is 35.4 Å². The summed E-state index contributed by atoms with van der Waals surface area (Å²) in [6, 6.07) is 5.11. The molecular formula is C41H54N6O9S. The first-order valence-corrected chi connectivity index (χ1v) is 20.9. The summed E-state index contributed by atoms with van der Waals surface area (Å²) in [7, 11) is 0. The van der Waals surface area contributed by atoms with Gasteiger partial charge in [-0.05, 0) is 74.8 Å². The Morgan fingerprint density at radius 1 is 1.04 bits per heavy atom. The van der Waals surface area contributed by atoms with Crippen LogP contribution in [0.25, 0.3) is 22.3 Å². The van der Waals surface area contributed by atoms with Gasteiger partial charge in [-0.25, -0.2) is 19.6 Å². The van der Waals surface area contributed by atoms with E-state index in [1.807, 2.05) is 46.9 Å². The number of anilines is 1. The Hall–Kier alpha value is -4.70. The van der Waals surface area contributed by atoms with Crippen molar-refractivity contribution in [3.8, 4) is 22.9 Å². The van der Waals surface area contributed by atoms with Crippen LogP contribution in [-0.2, 0) is 19.1 Å². The topological polar surface area (TPSA) is 202 Å². The number of carbonyl (C=O) groups excluding carboxylic acids is 3. The number of aromatic nitrogens is 2. The summed E-state index contributed by atoms with van der Waals surface area (Å²) < 4.78 is 18.2. The molecule has 0 bridgehead atoms. The van der Waals surface area contributed by atoms with E-state index in [9.17, 15) is 29.4 Å². The lowest BCUT2D eigenvalue weighted by Gasteiger charge is -2.35. The zero-order chi connectivity index (χ0) is 40.8. The second kappa shape index (κ2) is 15.9. The molecule has 3 aliphatic carbocycles. The number of hydrogen-bond donors (Lipinski definition) is 5. The van der Waals surface area contributed by atoms with Crippen LogP contribution in [0.4, 0.5) is 9.93 Å². The maximum absolute atomic E-state index is 14.7. The monoisotopic (exact) mass is 806 g/mol. The second-order valence-electron chi connectivity index (χ2n) is 17.3. The third-order valence-corrected chi connectivity index (χ3v) is 12.4. The van der Waals surface area contributed by atoms with E-state index in [-0.39, 0.29) is 44.2 Å². The number of alkyl carbamates (subject to hydrolysis) is 1. The van der Waals surface area contributed by atoms with Gasteiger partial charge in [-0.15, -0.1) is 11.3 Å². The van der Waals surface area contributed by atoms with Gasteiger partial charge in [-0.2, -0.15) is 0 Å². The largest absolute Gasteiger partial charge is 0.491 e. The number of rotatable bonds is 15. The van der Waals surface area contributed by atoms with E-state index in [4.69, 9.17) is 24.2 Å². The number of nitrogens with zero attached hydrogens (tertiary/aromatic N) is 3. The lowest BCUT2D eigenvalue weighted by atomic mass is 9.85. The fourth-order valence-electron chi connectivity index (χ4n) is 8.38. The zero-order valence-electron chi connectivity index (χ0n) is 33.4. The van der Waals surface area contributed by atoms with Crippen molar-refractivity contribution in [1.29, 1.82) is 0 Å². The molecule has 1 saturated heterocycles. The standard InChI is InChI=1S/C41H54N6O9S/c1-7-24-18-41(24,37(51)52)46-35(49)32-16-27(19-47(32)36(50)34(40(4,5)6)45-39(53)56-26-13-22-12-23(22)14-26)55-33-17-30(31-20-57-38(44-31)42-21(2)3)43-29-15-25(54-11-10-48)8-9-28(29)33/h8-9,15,17,20-24,26-27,32,34,48H,7,10-14,16,18-19H2,1-6H3,(H,42,44)(H,45,53)(H,46,49)(H,51,52). The van der Waals surface area contributed by atoms with Gasteiger partial charge in [0.1, 0.15) is 53.6 Å². The fraction of sp³-hybridized carbons (Fsp3) is 0.610. The number of aliphatic hydroxyl groups is 1. The van der Waals surface area contributed by atoms with E-state index in [0.29, 0.717) is 58.5 Å². The highest BCUT2D eigenvalue weighted by atomic mass is 32.1. The molecule has 2 aromatic heterocycles. The zero-order valence-corrected chi connectivity index (χ0v) is 34.2. The molecule has 4 aliphatic rings. The second-order valence-corrected chi connectivity index (χ2v) is 18.2. The number of hydrogen-bond acceptors (Lipinski definition) is 12. The van der Waals surface area contributed by atoms with Crippen LogP contribution in [0.1, 0.15) is 80.1 Å². The number of carboxylic acid groups (broad SMARTS) is 1. The van der Waals surface area contributed by atoms with Crippen molar-refractivity contribution < 1.29 is 43.6 Å². The molecule has 5 N–H and O–H groups in total. The van der Waals surface area contributed by atoms with Crippen molar-refractivity contribution in [2.45, 2.75) is 116 Å². The molecule has 3 heterocycles. The van der Waals surface area contributed by atoms with Crippen molar-refractivity contribution in [1.82, 2.24) is 25.5 Å². The summed E-state index contributed by atoms with van der Waals surface area (Å²) in [5, 5.41) is 31.7. The van der Waals surface area contributed by atoms with Crippen molar-refractivity contribution in [2.75, 3.05) is 25.1 Å². The molecule has 1 aromatic carbocycles. The van der Waals surface area contributed by atoms with Crippen LogP contribution in [-0.4, -0.2) is 105 Å². The van der Waals surface area contributed by atoms with E-state index < -0.39 is 53.0 Å². The smallest absolute Gasteiger partial charge is 0.408 e. The van der Waals surface area contributed by atoms with Gasteiger partial charge >= 0.3 is 12.1 Å². The van der Waals surface area contributed by atoms with Gasteiger partial charge in [0.25, 0.3) is 0 Å². The first-order chi connectivity index (χ1) is 27.1. The number of ether oxygens (including phenoxy) is 3.